The maximum Gasteiger partial charge on any atom is 0.153 e. The number of benzene rings is 1. The number of nitrogens with two attached hydrogens (primary N) is 1. The summed E-state index contributed by atoms with van der Waals surface area (Å²) in [6.07, 6.45) is 1.62. The molecule has 3 rings (SSSR count). The van der Waals surface area contributed by atoms with Gasteiger partial charge in [-0.25, -0.2) is 9.97 Å². The van der Waals surface area contributed by atoms with Crippen LogP contribution in [-0.4, -0.2) is 20.2 Å². The molecule has 1 aromatic carbocycles. The summed E-state index contributed by atoms with van der Waals surface area (Å²) >= 11 is 5.87. The second kappa shape index (κ2) is 5.41. The molecule has 0 aliphatic heterocycles. The minimum Gasteiger partial charge on any atom is -0.382 e. The Kier molecular flexibility index (Phi) is 3.45. The van der Waals surface area contributed by atoms with E-state index in [0.29, 0.717) is 28.2 Å². The van der Waals surface area contributed by atoms with Gasteiger partial charge in [-0.3, -0.25) is 5.10 Å². The van der Waals surface area contributed by atoms with Gasteiger partial charge in [0.15, 0.2) is 17.5 Å². The Morgan fingerprint density at radius 1 is 1.19 bits per heavy atom. The van der Waals surface area contributed by atoms with Gasteiger partial charge in [0.1, 0.15) is 5.69 Å². The Hall–Kier alpha value is -2.60. The maximum absolute atomic E-state index is 5.98. The van der Waals surface area contributed by atoms with E-state index in [1.165, 1.54) is 0 Å². The molecule has 2 aromatic heterocycles. The van der Waals surface area contributed by atoms with E-state index in [-0.39, 0.29) is 0 Å². The van der Waals surface area contributed by atoms with Crippen LogP contribution in [0.4, 0.5) is 17.5 Å². The van der Waals surface area contributed by atoms with Crippen LogP contribution in [0.15, 0.2) is 36.5 Å². The molecule has 0 amide bonds. The van der Waals surface area contributed by atoms with Gasteiger partial charge in [0.25, 0.3) is 0 Å². The maximum atomic E-state index is 5.98. The van der Waals surface area contributed by atoms with Crippen LogP contribution in [0.5, 0.6) is 0 Å². The molecule has 0 saturated heterocycles. The summed E-state index contributed by atoms with van der Waals surface area (Å²) in [6.45, 7) is 1.92. The Morgan fingerprint density at radius 2 is 1.95 bits per heavy atom. The molecule has 0 saturated carbocycles. The Labute approximate surface area is 126 Å². The number of hydrogen-bond acceptors (Lipinski definition) is 5. The highest BCUT2D eigenvalue weighted by Gasteiger charge is 2.08. The number of halogens is 1. The van der Waals surface area contributed by atoms with Gasteiger partial charge < -0.3 is 11.1 Å². The first-order valence-electron chi connectivity index (χ1n) is 6.29. The van der Waals surface area contributed by atoms with Gasteiger partial charge >= 0.3 is 0 Å². The van der Waals surface area contributed by atoms with Crippen LogP contribution in [0.1, 0.15) is 5.69 Å². The molecule has 0 radical (unpaired) electrons. The average Bonchev–Trinajstić information content (AvgIpc) is 2.86. The van der Waals surface area contributed by atoms with E-state index in [9.17, 15) is 0 Å². The summed E-state index contributed by atoms with van der Waals surface area (Å²) < 4.78 is 0. The highest BCUT2D eigenvalue weighted by atomic mass is 35.5. The van der Waals surface area contributed by atoms with Crippen molar-refractivity contribution in [2.24, 2.45) is 0 Å². The van der Waals surface area contributed by atoms with E-state index < -0.39 is 0 Å². The molecule has 21 heavy (non-hydrogen) atoms. The predicted octanol–water partition coefficient (Wildman–Crippen LogP) is 3.15. The summed E-state index contributed by atoms with van der Waals surface area (Å²) in [7, 11) is 0. The normalized spacial score (nSPS) is 10.6. The summed E-state index contributed by atoms with van der Waals surface area (Å²) in [5.74, 6) is 1.55. The smallest absolute Gasteiger partial charge is 0.153 e. The van der Waals surface area contributed by atoms with Crippen molar-refractivity contribution in [1.82, 2.24) is 20.2 Å². The fourth-order valence-corrected chi connectivity index (χ4v) is 2.03. The van der Waals surface area contributed by atoms with Gasteiger partial charge in [-0.2, -0.15) is 5.10 Å². The molecule has 106 valence electrons. The minimum atomic E-state index is 0.342. The van der Waals surface area contributed by atoms with Gasteiger partial charge in [-0.1, -0.05) is 23.7 Å². The Bertz CT molecular complexity index is 765. The van der Waals surface area contributed by atoms with Crippen LogP contribution in [0, 0.1) is 6.92 Å². The third-order valence-electron chi connectivity index (χ3n) is 2.88. The number of aryl methyl sites for hydroxylation is 1. The van der Waals surface area contributed by atoms with Crippen molar-refractivity contribution in [3.63, 3.8) is 0 Å². The van der Waals surface area contributed by atoms with E-state index in [1.807, 2.05) is 25.1 Å². The third-order valence-corrected chi connectivity index (χ3v) is 3.13. The molecule has 0 bridgehead atoms. The molecule has 0 spiro atoms. The molecule has 0 atom stereocenters. The van der Waals surface area contributed by atoms with Gasteiger partial charge in [0, 0.05) is 22.3 Å². The van der Waals surface area contributed by atoms with Crippen molar-refractivity contribution in [1.29, 1.82) is 0 Å². The highest BCUT2D eigenvalue weighted by Crippen LogP contribution is 2.25. The van der Waals surface area contributed by atoms with Crippen molar-refractivity contribution in [3.05, 3.63) is 47.2 Å². The van der Waals surface area contributed by atoms with Crippen LogP contribution in [0.25, 0.3) is 11.3 Å². The highest BCUT2D eigenvalue weighted by molar-refractivity contribution is 6.30. The quantitative estimate of drug-likeness (QED) is 0.691. The SMILES string of the molecule is Cc1cc(Nc2cnc(-c3ccc(Cl)cc3)c(N)n2)n[nH]1. The molecule has 3 aromatic rings. The first kappa shape index (κ1) is 13.4. The number of hydrogen-bond donors (Lipinski definition) is 3. The Morgan fingerprint density at radius 3 is 2.57 bits per heavy atom. The Balaban J connectivity index is 1.87. The van der Waals surface area contributed by atoms with Crippen molar-refractivity contribution in [2.75, 3.05) is 11.1 Å². The van der Waals surface area contributed by atoms with Crippen molar-refractivity contribution in [2.45, 2.75) is 6.92 Å². The molecule has 0 fully saturated rings. The van der Waals surface area contributed by atoms with Gasteiger partial charge in [-0.15, -0.1) is 0 Å². The van der Waals surface area contributed by atoms with Gasteiger partial charge in [-0.05, 0) is 19.1 Å². The van der Waals surface area contributed by atoms with E-state index in [4.69, 9.17) is 17.3 Å². The minimum absolute atomic E-state index is 0.342. The molecule has 4 N–H and O–H groups in total. The predicted molar refractivity (Wildman–Crippen MR) is 83.5 cm³/mol. The summed E-state index contributed by atoms with van der Waals surface area (Å²) in [5, 5.41) is 10.6. The average molecular weight is 301 g/mol. The van der Waals surface area contributed by atoms with Crippen molar-refractivity contribution in [3.8, 4) is 11.3 Å². The van der Waals surface area contributed by atoms with Crippen LogP contribution in [-0.2, 0) is 0 Å². The fraction of sp³-hybridized carbons (Fsp3) is 0.0714. The van der Waals surface area contributed by atoms with Crippen LogP contribution < -0.4 is 11.1 Å². The lowest BCUT2D eigenvalue weighted by molar-refractivity contribution is 1.05. The zero-order valence-corrected chi connectivity index (χ0v) is 12.0. The van der Waals surface area contributed by atoms with E-state index >= 15 is 0 Å². The van der Waals surface area contributed by atoms with Gasteiger partial charge in [0.05, 0.1) is 6.20 Å². The van der Waals surface area contributed by atoms with Crippen LogP contribution >= 0.6 is 11.6 Å². The first-order chi connectivity index (χ1) is 10.1. The number of H-pyrrole nitrogens is 1. The summed E-state index contributed by atoms with van der Waals surface area (Å²) in [5.41, 5.74) is 8.42. The number of rotatable bonds is 3. The zero-order valence-electron chi connectivity index (χ0n) is 11.3. The summed E-state index contributed by atoms with van der Waals surface area (Å²) in [4.78, 5) is 8.64. The lowest BCUT2D eigenvalue weighted by Crippen LogP contribution is -2.01. The lowest BCUT2D eigenvalue weighted by atomic mass is 10.1. The van der Waals surface area contributed by atoms with E-state index in [0.717, 1.165) is 11.3 Å². The molecule has 0 aliphatic carbocycles. The summed E-state index contributed by atoms with van der Waals surface area (Å²) in [6, 6.07) is 9.15. The monoisotopic (exact) mass is 300 g/mol. The molecular weight excluding hydrogens is 288 g/mol. The van der Waals surface area contributed by atoms with Crippen LogP contribution in [0.3, 0.4) is 0 Å². The molecule has 7 heteroatoms. The van der Waals surface area contributed by atoms with E-state index in [2.05, 4.69) is 25.5 Å². The molecule has 2 heterocycles. The number of aromatic amines is 1. The number of nitrogens with one attached hydrogen (secondary N) is 2. The number of anilines is 3. The van der Waals surface area contributed by atoms with Crippen molar-refractivity contribution >= 4 is 29.1 Å². The number of nitrogens with zero attached hydrogens (tertiary/aromatic N) is 3. The van der Waals surface area contributed by atoms with Crippen molar-refractivity contribution < 1.29 is 0 Å². The second-order valence-corrected chi connectivity index (χ2v) is 4.99. The lowest BCUT2D eigenvalue weighted by Gasteiger charge is -2.07. The number of nitrogen functional groups attached to an aromatic ring is 1. The van der Waals surface area contributed by atoms with E-state index in [1.54, 1.807) is 18.3 Å². The first-order valence-corrected chi connectivity index (χ1v) is 6.67. The molecule has 0 unspecified atom stereocenters. The van der Waals surface area contributed by atoms with Crippen LogP contribution in [0.2, 0.25) is 5.02 Å². The second-order valence-electron chi connectivity index (χ2n) is 4.56. The topological polar surface area (TPSA) is 92.5 Å². The standard InChI is InChI=1S/C14H13ClN6/c1-8-6-11(21-20-8)18-12-7-17-13(14(16)19-12)9-2-4-10(15)5-3-9/h2-7H,1H3,(H4,16,18,19,20,21). The largest absolute Gasteiger partial charge is 0.382 e. The van der Waals surface area contributed by atoms with Gasteiger partial charge in [0.2, 0.25) is 0 Å². The zero-order chi connectivity index (χ0) is 14.8. The molecular formula is C14H13ClN6. The molecule has 0 aliphatic rings. The fourth-order valence-electron chi connectivity index (χ4n) is 1.91. The third kappa shape index (κ3) is 2.95. The molecule has 6 nitrogen and oxygen atoms in total. The number of aromatic nitrogens is 4.